The van der Waals surface area contributed by atoms with E-state index < -0.39 is 5.60 Å². The smallest absolute Gasteiger partial charge is 0.133 e. The number of rotatable bonds is 4. The van der Waals surface area contributed by atoms with Crippen molar-refractivity contribution in [2.75, 3.05) is 7.11 Å². The van der Waals surface area contributed by atoms with Crippen molar-refractivity contribution in [2.24, 2.45) is 0 Å². The Labute approximate surface area is 89.7 Å². The van der Waals surface area contributed by atoms with Gasteiger partial charge >= 0.3 is 0 Å². The van der Waals surface area contributed by atoms with E-state index in [0.29, 0.717) is 0 Å². The monoisotopic (exact) mass is 208 g/mol. The largest absolute Gasteiger partial charge is 0.497 e. The lowest BCUT2D eigenvalue weighted by atomic mass is 9.91. The summed E-state index contributed by atoms with van der Waals surface area (Å²) in [5.74, 6) is 0.702. The SMILES string of the molecule is COc1ccc([C@](C)(O)CC(C)=O)cc1. The first kappa shape index (κ1) is 11.7. The molecule has 0 saturated carbocycles. The normalized spacial score (nSPS) is 14.4. The topological polar surface area (TPSA) is 46.5 Å². The number of carbonyl (C=O) groups excluding carboxylic acids is 1. The van der Waals surface area contributed by atoms with Crippen LogP contribution in [-0.4, -0.2) is 18.0 Å². The molecule has 1 rings (SSSR count). The fourth-order valence-corrected chi connectivity index (χ4v) is 1.54. The molecule has 1 atom stereocenters. The highest BCUT2D eigenvalue weighted by Gasteiger charge is 2.24. The average Bonchev–Trinajstić information content (AvgIpc) is 2.16. The highest BCUT2D eigenvalue weighted by Crippen LogP contribution is 2.26. The van der Waals surface area contributed by atoms with E-state index in [9.17, 15) is 9.90 Å². The van der Waals surface area contributed by atoms with Gasteiger partial charge in [-0.15, -0.1) is 0 Å². The Morgan fingerprint density at radius 2 is 1.93 bits per heavy atom. The minimum Gasteiger partial charge on any atom is -0.497 e. The third-order valence-electron chi connectivity index (χ3n) is 2.31. The molecule has 0 aromatic heterocycles. The molecule has 1 aromatic rings. The zero-order chi connectivity index (χ0) is 11.5. The van der Waals surface area contributed by atoms with Crippen LogP contribution in [0.3, 0.4) is 0 Å². The van der Waals surface area contributed by atoms with Crippen LogP contribution in [0.15, 0.2) is 24.3 Å². The molecular formula is C12H16O3. The summed E-state index contributed by atoms with van der Waals surface area (Å²) in [5, 5.41) is 10.1. The maximum Gasteiger partial charge on any atom is 0.133 e. The summed E-state index contributed by atoms with van der Waals surface area (Å²) in [4.78, 5) is 11.0. The van der Waals surface area contributed by atoms with Gasteiger partial charge in [0.15, 0.2) is 0 Å². The van der Waals surface area contributed by atoms with Gasteiger partial charge in [-0.2, -0.15) is 0 Å². The van der Waals surface area contributed by atoms with Gasteiger partial charge in [0.2, 0.25) is 0 Å². The van der Waals surface area contributed by atoms with Gasteiger partial charge in [0.05, 0.1) is 12.7 Å². The molecular weight excluding hydrogens is 192 g/mol. The van der Waals surface area contributed by atoms with Crippen molar-refractivity contribution >= 4 is 5.78 Å². The Bertz CT molecular complexity index is 338. The lowest BCUT2D eigenvalue weighted by Gasteiger charge is -2.22. The molecule has 0 heterocycles. The zero-order valence-corrected chi connectivity index (χ0v) is 9.28. The fourth-order valence-electron chi connectivity index (χ4n) is 1.54. The van der Waals surface area contributed by atoms with E-state index in [1.165, 1.54) is 6.92 Å². The number of ether oxygens (including phenoxy) is 1. The second-order valence-electron chi connectivity index (χ2n) is 3.88. The van der Waals surface area contributed by atoms with E-state index in [1.807, 2.05) is 0 Å². The molecule has 3 nitrogen and oxygen atoms in total. The lowest BCUT2D eigenvalue weighted by molar-refractivity contribution is -0.121. The predicted molar refractivity (Wildman–Crippen MR) is 57.9 cm³/mol. The molecule has 0 saturated heterocycles. The molecule has 1 aromatic carbocycles. The van der Waals surface area contributed by atoms with Gasteiger partial charge in [0.25, 0.3) is 0 Å². The van der Waals surface area contributed by atoms with Gasteiger partial charge in [0, 0.05) is 6.42 Å². The van der Waals surface area contributed by atoms with E-state index in [4.69, 9.17) is 4.74 Å². The van der Waals surface area contributed by atoms with Gasteiger partial charge < -0.3 is 9.84 Å². The minimum atomic E-state index is -1.10. The number of ketones is 1. The molecule has 82 valence electrons. The van der Waals surface area contributed by atoms with E-state index in [1.54, 1.807) is 38.3 Å². The van der Waals surface area contributed by atoms with Crippen molar-refractivity contribution in [3.63, 3.8) is 0 Å². The molecule has 0 unspecified atom stereocenters. The zero-order valence-electron chi connectivity index (χ0n) is 9.28. The predicted octanol–water partition coefficient (Wildman–Crippen LogP) is 1.88. The summed E-state index contributed by atoms with van der Waals surface area (Å²) in [6.07, 6.45) is 0.124. The molecule has 0 aliphatic rings. The van der Waals surface area contributed by atoms with E-state index >= 15 is 0 Å². The molecule has 1 N–H and O–H groups in total. The van der Waals surface area contributed by atoms with Crippen LogP contribution in [0, 0.1) is 0 Å². The van der Waals surface area contributed by atoms with Crippen molar-refractivity contribution in [1.82, 2.24) is 0 Å². The second-order valence-corrected chi connectivity index (χ2v) is 3.88. The third kappa shape index (κ3) is 3.06. The second kappa shape index (κ2) is 4.45. The van der Waals surface area contributed by atoms with Crippen molar-refractivity contribution in [3.05, 3.63) is 29.8 Å². The summed E-state index contributed by atoms with van der Waals surface area (Å²) in [5.41, 5.74) is -0.378. The fraction of sp³-hybridized carbons (Fsp3) is 0.417. The molecule has 0 fully saturated rings. The van der Waals surface area contributed by atoms with Gasteiger partial charge in [-0.05, 0) is 31.5 Å². The number of carbonyl (C=O) groups is 1. The quantitative estimate of drug-likeness (QED) is 0.821. The number of hydrogen-bond acceptors (Lipinski definition) is 3. The molecule has 0 bridgehead atoms. The van der Waals surface area contributed by atoms with Crippen LogP contribution in [0.2, 0.25) is 0 Å². The van der Waals surface area contributed by atoms with Crippen molar-refractivity contribution in [1.29, 1.82) is 0 Å². The minimum absolute atomic E-state index is 0.0316. The molecule has 3 heteroatoms. The Hall–Kier alpha value is -1.35. The van der Waals surface area contributed by atoms with Crippen LogP contribution in [0.4, 0.5) is 0 Å². The van der Waals surface area contributed by atoms with Crippen molar-refractivity contribution < 1.29 is 14.6 Å². The summed E-state index contributed by atoms with van der Waals surface area (Å²) < 4.78 is 5.01. The van der Waals surface area contributed by atoms with Crippen molar-refractivity contribution in [2.45, 2.75) is 25.9 Å². The molecule has 0 aliphatic carbocycles. The number of hydrogen-bond donors (Lipinski definition) is 1. The highest BCUT2D eigenvalue weighted by molar-refractivity contribution is 5.76. The standard InChI is InChI=1S/C12H16O3/c1-9(13)8-12(2,14)10-4-6-11(15-3)7-5-10/h4-7,14H,8H2,1-3H3/t12-/m1/s1. The number of benzene rings is 1. The third-order valence-corrected chi connectivity index (χ3v) is 2.31. The van der Waals surface area contributed by atoms with Crippen LogP contribution in [-0.2, 0) is 10.4 Å². The molecule has 0 spiro atoms. The number of aliphatic hydroxyl groups is 1. The summed E-state index contributed by atoms with van der Waals surface area (Å²) in [6, 6.07) is 7.07. The molecule has 0 radical (unpaired) electrons. The maximum absolute atomic E-state index is 11.0. The van der Waals surface area contributed by atoms with Gasteiger partial charge in [0.1, 0.15) is 11.5 Å². The first-order valence-electron chi connectivity index (χ1n) is 4.82. The summed E-state index contributed by atoms with van der Waals surface area (Å²) in [6.45, 7) is 3.11. The number of Topliss-reactive ketones (excluding diaryl/α,β-unsaturated/α-hetero) is 1. The summed E-state index contributed by atoms with van der Waals surface area (Å²) in [7, 11) is 1.59. The van der Waals surface area contributed by atoms with Gasteiger partial charge in [-0.1, -0.05) is 12.1 Å². The Morgan fingerprint density at radius 3 is 2.33 bits per heavy atom. The van der Waals surface area contributed by atoms with Crippen LogP contribution in [0.5, 0.6) is 5.75 Å². The first-order valence-corrected chi connectivity index (χ1v) is 4.82. The number of methoxy groups -OCH3 is 1. The van der Waals surface area contributed by atoms with Gasteiger partial charge in [-0.3, -0.25) is 4.79 Å². The van der Waals surface area contributed by atoms with Crippen LogP contribution < -0.4 is 4.74 Å². The average molecular weight is 208 g/mol. The molecule has 15 heavy (non-hydrogen) atoms. The first-order chi connectivity index (χ1) is 6.95. The Balaban J connectivity index is 2.89. The van der Waals surface area contributed by atoms with E-state index in [2.05, 4.69) is 0 Å². The Morgan fingerprint density at radius 1 is 1.40 bits per heavy atom. The maximum atomic E-state index is 11.0. The molecule has 0 aliphatic heterocycles. The van der Waals surface area contributed by atoms with E-state index in [0.717, 1.165) is 11.3 Å². The Kier molecular flexibility index (Phi) is 3.48. The summed E-state index contributed by atoms with van der Waals surface area (Å²) >= 11 is 0. The molecule has 0 amide bonds. The van der Waals surface area contributed by atoms with Crippen molar-refractivity contribution in [3.8, 4) is 5.75 Å². The van der Waals surface area contributed by atoms with Crippen LogP contribution in [0.1, 0.15) is 25.8 Å². The van der Waals surface area contributed by atoms with Gasteiger partial charge in [-0.25, -0.2) is 0 Å². The van der Waals surface area contributed by atoms with E-state index in [-0.39, 0.29) is 12.2 Å². The highest BCUT2D eigenvalue weighted by atomic mass is 16.5. The lowest BCUT2D eigenvalue weighted by Crippen LogP contribution is -2.23. The van der Waals surface area contributed by atoms with Crippen LogP contribution in [0.25, 0.3) is 0 Å². The van der Waals surface area contributed by atoms with Crippen LogP contribution >= 0.6 is 0 Å².